The topological polar surface area (TPSA) is 74.5 Å². The molecule has 182 valence electrons. The van der Waals surface area contributed by atoms with Crippen LogP contribution in [0.4, 0.5) is 17.1 Å². The van der Waals surface area contributed by atoms with Crippen molar-refractivity contribution >= 4 is 23.0 Å². The van der Waals surface area contributed by atoms with Gasteiger partial charge < -0.3 is 20.9 Å². The largest absolute Gasteiger partial charge is 0.369 e. The van der Waals surface area contributed by atoms with Gasteiger partial charge in [0.1, 0.15) is 0 Å². The van der Waals surface area contributed by atoms with Gasteiger partial charge in [0.25, 0.3) is 5.91 Å². The first kappa shape index (κ1) is 26.9. The van der Waals surface area contributed by atoms with Crippen LogP contribution in [0.5, 0.6) is 0 Å². The number of nitrogens with zero attached hydrogens (tertiary/aromatic N) is 3. The zero-order chi connectivity index (χ0) is 24.9. The number of benzene rings is 2. The van der Waals surface area contributed by atoms with Gasteiger partial charge in [0, 0.05) is 43.8 Å². The third-order valence-electron chi connectivity index (χ3n) is 5.44. The van der Waals surface area contributed by atoms with Crippen LogP contribution in [0.25, 0.3) is 0 Å². The van der Waals surface area contributed by atoms with Crippen molar-refractivity contribution in [1.29, 1.82) is 0 Å². The maximum absolute atomic E-state index is 11.9. The molecule has 2 aromatic carbocycles. The Morgan fingerprint density at radius 3 is 2.12 bits per heavy atom. The van der Waals surface area contributed by atoms with E-state index in [1.807, 2.05) is 64.1 Å². The Morgan fingerprint density at radius 2 is 1.53 bits per heavy atom. The number of hydrogen-bond donors (Lipinski definition) is 2. The lowest BCUT2D eigenvalue weighted by Crippen LogP contribution is -2.44. The summed E-state index contributed by atoms with van der Waals surface area (Å²) >= 11 is 0. The molecule has 0 spiro atoms. The molecule has 3 aromatic rings. The summed E-state index contributed by atoms with van der Waals surface area (Å²) in [6.45, 7) is 12.2. The molecule has 1 aliphatic heterocycles. The van der Waals surface area contributed by atoms with Gasteiger partial charge in [0.05, 0.1) is 5.69 Å². The summed E-state index contributed by atoms with van der Waals surface area (Å²) in [5, 5.41) is 3.33. The lowest BCUT2D eigenvalue weighted by Gasteiger charge is -2.34. The number of nitrogens with one attached hydrogen (secondary N) is 1. The third kappa shape index (κ3) is 7.59. The lowest BCUT2D eigenvalue weighted by molar-refractivity contribution is 0.0996. The summed E-state index contributed by atoms with van der Waals surface area (Å²) in [6, 6.07) is 20.4. The minimum absolute atomic E-state index is 0.245. The number of hydrogen-bond acceptors (Lipinski definition) is 5. The molecule has 1 aliphatic rings. The molecule has 3 N–H and O–H groups in total. The van der Waals surface area contributed by atoms with E-state index in [2.05, 4.69) is 51.4 Å². The monoisotopic (exact) mass is 461 g/mol. The number of primary amides is 1. The molecule has 4 rings (SSSR count). The average molecular weight is 462 g/mol. The van der Waals surface area contributed by atoms with Gasteiger partial charge in [0.2, 0.25) is 0 Å². The first-order valence-electron chi connectivity index (χ1n) is 12.2. The first-order chi connectivity index (χ1) is 16.6. The molecule has 1 fully saturated rings. The van der Waals surface area contributed by atoms with Crippen LogP contribution in [0.1, 0.15) is 49.3 Å². The Kier molecular flexibility index (Phi) is 11.1. The quantitative estimate of drug-likeness (QED) is 0.520. The Hall–Kier alpha value is -3.38. The van der Waals surface area contributed by atoms with E-state index in [0.29, 0.717) is 5.69 Å². The van der Waals surface area contributed by atoms with Crippen molar-refractivity contribution in [2.75, 3.05) is 43.4 Å². The maximum Gasteiger partial charge on any atom is 0.269 e. The second kappa shape index (κ2) is 14.0. The van der Waals surface area contributed by atoms with Gasteiger partial charge in [-0.15, -0.1) is 0 Å². The smallest absolute Gasteiger partial charge is 0.269 e. The zero-order valence-electron chi connectivity index (χ0n) is 21.2. The summed E-state index contributed by atoms with van der Waals surface area (Å²) < 4.78 is 0. The minimum Gasteiger partial charge on any atom is -0.369 e. The average Bonchev–Trinajstić information content (AvgIpc) is 2.88. The fourth-order valence-electron chi connectivity index (χ4n) is 3.70. The number of pyridine rings is 1. The normalized spacial score (nSPS) is 13.1. The molecule has 0 bridgehead atoms. The second-order valence-corrected chi connectivity index (χ2v) is 7.73. The van der Waals surface area contributed by atoms with Crippen LogP contribution < -0.4 is 16.0 Å². The number of rotatable bonds is 6. The van der Waals surface area contributed by atoms with Crippen LogP contribution in [0, 0.1) is 0 Å². The molecule has 0 unspecified atom stereocenters. The van der Waals surface area contributed by atoms with Crippen molar-refractivity contribution < 1.29 is 4.79 Å². The summed E-state index contributed by atoms with van der Waals surface area (Å²) in [6.07, 6.45) is 2.46. The second-order valence-electron chi connectivity index (χ2n) is 7.73. The third-order valence-corrected chi connectivity index (χ3v) is 5.44. The van der Waals surface area contributed by atoms with Crippen molar-refractivity contribution in [2.24, 2.45) is 5.73 Å². The fourth-order valence-corrected chi connectivity index (χ4v) is 3.70. The molecule has 1 amide bonds. The summed E-state index contributed by atoms with van der Waals surface area (Å²) in [5.74, 6) is -0.544. The fraction of sp³-hybridized carbons (Fsp3) is 0.357. The standard InChI is InChI=1S/C24H27N5O.2C2H6/c1-28-11-13-29(14-12-28)21-9-7-20(8-10-21)27-22-16-19(17-26-23(22)24(25)30)15-18-5-3-2-4-6-18;2*1-2/h2-10,16-17,27H,11-15H2,1H3,(H2,25,30);2*1-2H3. The zero-order valence-corrected chi connectivity index (χ0v) is 21.2. The molecule has 0 aliphatic carbocycles. The van der Waals surface area contributed by atoms with Gasteiger partial charge in [-0.3, -0.25) is 4.79 Å². The summed E-state index contributed by atoms with van der Waals surface area (Å²) in [5.41, 5.74) is 10.7. The maximum atomic E-state index is 11.9. The van der Waals surface area contributed by atoms with E-state index in [4.69, 9.17) is 5.73 Å². The van der Waals surface area contributed by atoms with E-state index in [1.165, 1.54) is 11.3 Å². The van der Waals surface area contributed by atoms with Crippen molar-refractivity contribution in [1.82, 2.24) is 9.88 Å². The molecule has 0 radical (unpaired) electrons. The highest BCUT2D eigenvalue weighted by Crippen LogP contribution is 2.25. The molecule has 34 heavy (non-hydrogen) atoms. The first-order valence-corrected chi connectivity index (χ1v) is 12.2. The molecule has 2 heterocycles. The summed E-state index contributed by atoms with van der Waals surface area (Å²) in [7, 11) is 2.15. The van der Waals surface area contributed by atoms with Crippen molar-refractivity contribution in [2.45, 2.75) is 34.1 Å². The molecule has 6 nitrogen and oxygen atoms in total. The number of amides is 1. The molecule has 1 saturated heterocycles. The molecule has 0 atom stereocenters. The van der Waals surface area contributed by atoms with Crippen molar-refractivity contribution in [3.8, 4) is 0 Å². The van der Waals surface area contributed by atoms with Gasteiger partial charge >= 0.3 is 0 Å². The molecule has 0 saturated carbocycles. The minimum atomic E-state index is -0.544. The number of carbonyl (C=O) groups excluding carboxylic acids is 1. The predicted molar refractivity (Wildman–Crippen MR) is 144 cm³/mol. The number of aromatic nitrogens is 1. The van der Waals surface area contributed by atoms with Gasteiger partial charge in [-0.2, -0.15) is 0 Å². The highest BCUT2D eigenvalue weighted by Gasteiger charge is 2.15. The SMILES string of the molecule is CC.CC.CN1CCN(c2ccc(Nc3cc(Cc4ccccc4)cnc3C(N)=O)cc2)CC1. The van der Waals surface area contributed by atoms with Crippen LogP contribution in [0.2, 0.25) is 0 Å². The van der Waals surface area contributed by atoms with E-state index < -0.39 is 5.91 Å². The molecular formula is C28H39N5O. The number of likely N-dealkylation sites (N-methyl/N-ethyl adjacent to an activating group) is 1. The number of anilines is 3. The lowest BCUT2D eigenvalue weighted by atomic mass is 10.1. The van der Waals surface area contributed by atoms with E-state index >= 15 is 0 Å². The Labute approximate surface area is 204 Å². The van der Waals surface area contributed by atoms with Crippen LogP contribution in [0.15, 0.2) is 66.9 Å². The Morgan fingerprint density at radius 1 is 0.912 bits per heavy atom. The van der Waals surface area contributed by atoms with Gasteiger partial charge in [-0.1, -0.05) is 58.0 Å². The van der Waals surface area contributed by atoms with Gasteiger partial charge in [-0.25, -0.2) is 4.98 Å². The van der Waals surface area contributed by atoms with E-state index in [0.717, 1.165) is 43.9 Å². The molecular weight excluding hydrogens is 422 g/mol. The Balaban J connectivity index is 0.000000970. The number of carbonyl (C=O) groups is 1. The van der Waals surface area contributed by atoms with Crippen LogP contribution in [0.3, 0.4) is 0 Å². The predicted octanol–water partition coefficient (Wildman–Crippen LogP) is 5.32. The molecule has 6 heteroatoms. The number of piperazine rings is 1. The van der Waals surface area contributed by atoms with Gasteiger partial charge in [0.15, 0.2) is 5.69 Å². The van der Waals surface area contributed by atoms with E-state index in [1.54, 1.807) is 6.20 Å². The van der Waals surface area contributed by atoms with Crippen LogP contribution >= 0.6 is 0 Å². The van der Waals surface area contributed by atoms with E-state index in [-0.39, 0.29) is 5.69 Å². The number of nitrogens with two attached hydrogens (primary N) is 1. The van der Waals surface area contributed by atoms with Crippen molar-refractivity contribution in [3.63, 3.8) is 0 Å². The van der Waals surface area contributed by atoms with E-state index in [9.17, 15) is 4.79 Å². The highest BCUT2D eigenvalue weighted by molar-refractivity contribution is 5.97. The highest BCUT2D eigenvalue weighted by atomic mass is 16.1. The Bertz CT molecular complexity index is 997. The summed E-state index contributed by atoms with van der Waals surface area (Å²) in [4.78, 5) is 20.9. The van der Waals surface area contributed by atoms with Crippen LogP contribution in [-0.4, -0.2) is 49.0 Å². The van der Waals surface area contributed by atoms with Crippen molar-refractivity contribution in [3.05, 3.63) is 83.7 Å². The molecule has 1 aromatic heterocycles. The van der Waals surface area contributed by atoms with Gasteiger partial charge in [-0.05, 0) is 54.9 Å². The van der Waals surface area contributed by atoms with Crippen LogP contribution in [-0.2, 0) is 6.42 Å².